The summed E-state index contributed by atoms with van der Waals surface area (Å²) in [5, 5.41) is 40.0. The SMILES string of the molecule is CC.OC1CCC(C(O)C2CCCCC2)CC1.OC1CCCCC1C(O)C1CCCCC1. The molecule has 0 aromatic carbocycles. The van der Waals surface area contributed by atoms with Crippen molar-refractivity contribution in [1.29, 1.82) is 0 Å². The van der Waals surface area contributed by atoms with E-state index >= 15 is 0 Å². The fourth-order valence-electron chi connectivity index (χ4n) is 6.67. The van der Waals surface area contributed by atoms with Crippen LogP contribution in [0, 0.1) is 23.7 Å². The van der Waals surface area contributed by atoms with Gasteiger partial charge < -0.3 is 20.4 Å². The van der Waals surface area contributed by atoms with Gasteiger partial charge in [-0.1, -0.05) is 65.2 Å². The Morgan fingerprint density at radius 3 is 1.38 bits per heavy atom. The molecule has 4 N–H and O–H groups in total. The Hall–Kier alpha value is -0.160. The summed E-state index contributed by atoms with van der Waals surface area (Å²) in [6.45, 7) is 4.00. The molecule has 0 spiro atoms. The Kier molecular flexibility index (Phi) is 13.8. The van der Waals surface area contributed by atoms with Crippen molar-refractivity contribution in [1.82, 2.24) is 0 Å². The van der Waals surface area contributed by atoms with Gasteiger partial charge in [0.2, 0.25) is 0 Å². The predicted octanol–water partition coefficient (Wildman–Crippen LogP) is 5.98. The van der Waals surface area contributed by atoms with Crippen molar-refractivity contribution in [3.05, 3.63) is 0 Å². The summed E-state index contributed by atoms with van der Waals surface area (Å²) < 4.78 is 0. The fraction of sp³-hybridized carbons (Fsp3) is 1.00. The highest BCUT2D eigenvalue weighted by Crippen LogP contribution is 2.36. The maximum atomic E-state index is 10.3. The Labute approximate surface area is 198 Å². The number of hydrogen-bond donors (Lipinski definition) is 4. The van der Waals surface area contributed by atoms with Gasteiger partial charge in [-0.3, -0.25) is 0 Å². The van der Waals surface area contributed by atoms with Gasteiger partial charge in [0.05, 0.1) is 24.4 Å². The first-order valence-corrected chi connectivity index (χ1v) is 14.3. The standard InChI is InChI=1S/2C13H24O2.C2H6/c14-12-9-5-4-8-11(12)13(15)10-6-2-1-3-7-10;14-12-8-6-11(7-9-12)13(15)10-4-2-1-3-5-10;1-2/h2*10-15H,1-9H2;1-2H3. The summed E-state index contributed by atoms with van der Waals surface area (Å²) in [6, 6.07) is 0. The van der Waals surface area contributed by atoms with Crippen LogP contribution in [0.3, 0.4) is 0 Å². The van der Waals surface area contributed by atoms with E-state index in [1.807, 2.05) is 13.8 Å². The van der Waals surface area contributed by atoms with Gasteiger partial charge in [0.1, 0.15) is 0 Å². The third-order valence-electron chi connectivity index (χ3n) is 8.71. The smallest absolute Gasteiger partial charge is 0.0621 e. The first-order valence-electron chi connectivity index (χ1n) is 14.3. The van der Waals surface area contributed by atoms with Crippen molar-refractivity contribution in [2.75, 3.05) is 0 Å². The van der Waals surface area contributed by atoms with Crippen LogP contribution < -0.4 is 0 Å². The minimum absolute atomic E-state index is 0.0854. The molecule has 0 amide bonds. The molecular weight excluding hydrogens is 400 g/mol. The van der Waals surface area contributed by atoms with Crippen LogP contribution >= 0.6 is 0 Å². The van der Waals surface area contributed by atoms with E-state index < -0.39 is 0 Å². The number of rotatable bonds is 4. The summed E-state index contributed by atoms with van der Waals surface area (Å²) in [4.78, 5) is 0. The van der Waals surface area contributed by atoms with Gasteiger partial charge in [-0.05, 0) is 82.0 Å². The lowest BCUT2D eigenvalue weighted by Gasteiger charge is -2.37. The topological polar surface area (TPSA) is 80.9 Å². The molecule has 4 fully saturated rings. The van der Waals surface area contributed by atoms with E-state index in [1.165, 1.54) is 70.6 Å². The third-order valence-corrected chi connectivity index (χ3v) is 8.71. The Morgan fingerprint density at radius 2 is 0.875 bits per heavy atom. The molecule has 0 saturated heterocycles. The monoisotopic (exact) mass is 454 g/mol. The van der Waals surface area contributed by atoms with Gasteiger partial charge in [0, 0.05) is 5.92 Å². The molecule has 4 saturated carbocycles. The van der Waals surface area contributed by atoms with Crippen molar-refractivity contribution < 1.29 is 20.4 Å². The summed E-state index contributed by atoms with van der Waals surface area (Å²) in [6.07, 6.45) is 20.0. The van der Waals surface area contributed by atoms with Crippen LogP contribution in [0.1, 0.15) is 129 Å². The minimum Gasteiger partial charge on any atom is -0.393 e. The molecule has 4 aliphatic rings. The summed E-state index contributed by atoms with van der Waals surface area (Å²) in [5.41, 5.74) is 0. The second kappa shape index (κ2) is 15.7. The van der Waals surface area contributed by atoms with Crippen LogP contribution in [-0.2, 0) is 0 Å². The molecule has 4 nitrogen and oxygen atoms in total. The van der Waals surface area contributed by atoms with E-state index in [1.54, 1.807) is 0 Å². The molecule has 0 aliphatic heterocycles. The summed E-state index contributed by atoms with van der Waals surface area (Å²) in [7, 11) is 0. The predicted molar refractivity (Wildman–Crippen MR) is 132 cm³/mol. The second-order valence-electron chi connectivity index (χ2n) is 10.9. The van der Waals surface area contributed by atoms with E-state index in [0.29, 0.717) is 17.8 Å². The van der Waals surface area contributed by atoms with E-state index in [-0.39, 0.29) is 30.3 Å². The maximum absolute atomic E-state index is 10.3. The lowest BCUT2D eigenvalue weighted by Crippen LogP contribution is -2.39. The minimum atomic E-state index is -0.240. The average Bonchev–Trinajstić information content (AvgIpc) is 2.87. The van der Waals surface area contributed by atoms with Crippen LogP contribution in [0.4, 0.5) is 0 Å². The van der Waals surface area contributed by atoms with E-state index in [0.717, 1.165) is 44.9 Å². The van der Waals surface area contributed by atoms with Crippen LogP contribution in [-0.4, -0.2) is 44.8 Å². The van der Waals surface area contributed by atoms with Gasteiger partial charge in [0.25, 0.3) is 0 Å². The normalized spacial score (nSPS) is 34.3. The Bertz CT molecular complexity index is 450. The molecule has 0 radical (unpaired) electrons. The van der Waals surface area contributed by atoms with Crippen molar-refractivity contribution in [2.45, 2.75) is 154 Å². The highest BCUT2D eigenvalue weighted by atomic mass is 16.3. The average molecular weight is 455 g/mol. The molecule has 0 heterocycles. The zero-order valence-electron chi connectivity index (χ0n) is 21.1. The third kappa shape index (κ3) is 8.89. The molecule has 190 valence electrons. The highest BCUT2D eigenvalue weighted by molar-refractivity contribution is 4.85. The largest absolute Gasteiger partial charge is 0.393 e. The van der Waals surface area contributed by atoms with E-state index in [4.69, 9.17) is 0 Å². The first kappa shape index (κ1) is 28.1. The molecular formula is C28H54O4. The summed E-state index contributed by atoms with van der Waals surface area (Å²) >= 11 is 0. The molecule has 4 rings (SSSR count). The molecule has 32 heavy (non-hydrogen) atoms. The van der Waals surface area contributed by atoms with Crippen molar-refractivity contribution in [3.63, 3.8) is 0 Å². The number of aliphatic hydroxyl groups excluding tert-OH is 4. The molecule has 4 aliphatic carbocycles. The van der Waals surface area contributed by atoms with Gasteiger partial charge >= 0.3 is 0 Å². The zero-order chi connectivity index (χ0) is 23.3. The molecule has 0 aromatic rings. The van der Waals surface area contributed by atoms with Crippen LogP contribution in [0.2, 0.25) is 0 Å². The lowest BCUT2D eigenvalue weighted by molar-refractivity contribution is -0.0460. The molecule has 4 unspecified atom stereocenters. The van der Waals surface area contributed by atoms with E-state index in [9.17, 15) is 20.4 Å². The fourth-order valence-corrected chi connectivity index (χ4v) is 6.67. The van der Waals surface area contributed by atoms with Crippen molar-refractivity contribution in [2.24, 2.45) is 23.7 Å². The Balaban J connectivity index is 0.000000211. The van der Waals surface area contributed by atoms with E-state index in [2.05, 4.69) is 0 Å². The quantitative estimate of drug-likeness (QED) is 0.421. The van der Waals surface area contributed by atoms with Crippen molar-refractivity contribution in [3.8, 4) is 0 Å². The van der Waals surface area contributed by atoms with Gasteiger partial charge in [-0.15, -0.1) is 0 Å². The zero-order valence-corrected chi connectivity index (χ0v) is 21.1. The van der Waals surface area contributed by atoms with Gasteiger partial charge in [0.15, 0.2) is 0 Å². The number of hydrogen-bond acceptors (Lipinski definition) is 4. The van der Waals surface area contributed by atoms with Crippen LogP contribution in [0.5, 0.6) is 0 Å². The van der Waals surface area contributed by atoms with Gasteiger partial charge in [-0.25, -0.2) is 0 Å². The molecule has 0 aromatic heterocycles. The summed E-state index contributed by atoms with van der Waals surface area (Å²) in [5.74, 6) is 1.66. The van der Waals surface area contributed by atoms with Crippen molar-refractivity contribution >= 4 is 0 Å². The first-order chi connectivity index (χ1) is 15.6. The lowest BCUT2D eigenvalue weighted by atomic mass is 9.74. The second-order valence-corrected chi connectivity index (χ2v) is 10.9. The van der Waals surface area contributed by atoms with Gasteiger partial charge in [-0.2, -0.15) is 0 Å². The van der Waals surface area contributed by atoms with Crippen LogP contribution in [0.15, 0.2) is 0 Å². The molecule has 4 heteroatoms. The molecule has 4 atom stereocenters. The Morgan fingerprint density at radius 1 is 0.469 bits per heavy atom. The maximum Gasteiger partial charge on any atom is 0.0621 e. The molecule has 0 bridgehead atoms. The highest BCUT2D eigenvalue weighted by Gasteiger charge is 2.34. The number of aliphatic hydroxyl groups is 4. The van der Waals surface area contributed by atoms with Crippen LogP contribution in [0.25, 0.3) is 0 Å².